The summed E-state index contributed by atoms with van der Waals surface area (Å²) in [6, 6.07) is 29.8. The fraction of sp³-hybridized carbons (Fsp3) is 0.143. The molecule has 168 valence electrons. The first-order valence-corrected chi connectivity index (χ1v) is 11.4. The molecule has 6 aromatic rings. The Kier molecular flexibility index (Phi) is 4.81. The maximum absolute atomic E-state index is 12.7. The second-order valence-corrected chi connectivity index (χ2v) is 8.70. The van der Waals surface area contributed by atoms with Crippen LogP contribution in [0.4, 0.5) is 0 Å². The summed E-state index contributed by atoms with van der Waals surface area (Å²) in [5.74, 6) is 0. The maximum atomic E-state index is 12.7. The van der Waals surface area contributed by atoms with E-state index in [2.05, 4.69) is 33.9 Å². The number of aliphatic hydroxyl groups is 1. The van der Waals surface area contributed by atoms with Gasteiger partial charge in [-0.3, -0.25) is 4.79 Å². The SMILES string of the molecule is Cc1cc(=O)n2nc(-c3ccccc3)cc2n1C[C@@H](O)Cn1c2ccccc2c2ccccc21. The molecule has 0 aliphatic heterocycles. The van der Waals surface area contributed by atoms with Gasteiger partial charge in [0, 0.05) is 45.2 Å². The van der Waals surface area contributed by atoms with Crippen LogP contribution in [0.15, 0.2) is 95.8 Å². The molecule has 0 unspecified atom stereocenters. The predicted octanol–water partition coefficient (Wildman–Crippen LogP) is 4.64. The molecule has 0 saturated heterocycles. The van der Waals surface area contributed by atoms with Gasteiger partial charge < -0.3 is 14.2 Å². The molecule has 0 bridgehead atoms. The van der Waals surface area contributed by atoms with Crippen molar-refractivity contribution in [3.63, 3.8) is 0 Å². The highest BCUT2D eigenvalue weighted by molar-refractivity contribution is 6.07. The molecule has 0 fully saturated rings. The van der Waals surface area contributed by atoms with Crippen molar-refractivity contribution in [2.75, 3.05) is 0 Å². The fourth-order valence-electron chi connectivity index (χ4n) is 4.89. The number of aliphatic hydroxyl groups excluding tert-OH is 1. The molecule has 3 heterocycles. The lowest BCUT2D eigenvalue weighted by Crippen LogP contribution is -2.27. The lowest BCUT2D eigenvalue weighted by atomic mass is 10.1. The lowest BCUT2D eigenvalue weighted by Gasteiger charge is -2.18. The Morgan fingerprint density at radius 1 is 0.794 bits per heavy atom. The Labute approximate surface area is 195 Å². The Morgan fingerprint density at radius 2 is 1.38 bits per heavy atom. The van der Waals surface area contributed by atoms with Gasteiger partial charge in [0.25, 0.3) is 5.56 Å². The van der Waals surface area contributed by atoms with Gasteiger partial charge in [0.05, 0.1) is 24.9 Å². The highest BCUT2D eigenvalue weighted by Gasteiger charge is 2.17. The van der Waals surface area contributed by atoms with Crippen molar-refractivity contribution in [1.82, 2.24) is 18.7 Å². The molecule has 0 radical (unpaired) electrons. The monoisotopic (exact) mass is 448 g/mol. The van der Waals surface area contributed by atoms with Crippen LogP contribution in [0.25, 0.3) is 38.7 Å². The smallest absolute Gasteiger partial charge is 0.274 e. The third-order valence-corrected chi connectivity index (χ3v) is 6.47. The molecule has 6 rings (SSSR count). The number of hydrogen-bond donors (Lipinski definition) is 1. The van der Waals surface area contributed by atoms with Gasteiger partial charge >= 0.3 is 0 Å². The Bertz CT molecular complexity index is 1660. The van der Waals surface area contributed by atoms with Crippen molar-refractivity contribution in [2.45, 2.75) is 26.1 Å². The molecule has 3 aromatic heterocycles. The van der Waals surface area contributed by atoms with E-state index < -0.39 is 6.10 Å². The third-order valence-electron chi connectivity index (χ3n) is 6.47. The highest BCUT2D eigenvalue weighted by atomic mass is 16.3. The van der Waals surface area contributed by atoms with Crippen LogP contribution in [0.2, 0.25) is 0 Å². The van der Waals surface area contributed by atoms with Crippen molar-refractivity contribution in [3.8, 4) is 11.3 Å². The normalized spacial score (nSPS) is 12.6. The number of rotatable bonds is 5. The van der Waals surface area contributed by atoms with E-state index in [0.717, 1.165) is 28.0 Å². The van der Waals surface area contributed by atoms with Crippen molar-refractivity contribution < 1.29 is 5.11 Å². The predicted molar refractivity (Wildman–Crippen MR) is 135 cm³/mol. The number of nitrogens with zero attached hydrogens (tertiary/aromatic N) is 4. The van der Waals surface area contributed by atoms with Gasteiger partial charge in [0.2, 0.25) is 0 Å². The van der Waals surface area contributed by atoms with Gasteiger partial charge in [-0.25, -0.2) is 0 Å². The molecule has 0 aliphatic rings. The number of benzene rings is 3. The van der Waals surface area contributed by atoms with Crippen LogP contribution in [-0.4, -0.2) is 30.0 Å². The minimum atomic E-state index is -0.667. The summed E-state index contributed by atoms with van der Waals surface area (Å²) in [5.41, 5.74) is 5.15. The Hall–Kier alpha value is -4.16. The van der Waals surface area contributed by atoms with E-state index in [0.29, 0.717) is 18.7 Å². The largest absolute Gasteiger partial charge is 0.389 e. The number of fused-ring (bicyclic) bond motifs is 4. The first kappa shape index (κ1) is 20.4. The molecule has 3 aromatic carbocycles. The van der Waals surface area contributed by atoms with Crippen molar-refractivity contribution in [1.29, 1.82) is 0 Å². The van der Waals surface area contributed by atoms with Crippen LogP contribution in [-0.2, 0) is 13.1 Å². The zero-order valence-electron chi connectivity index (χ0n) is 18.8. The third kappa shape index (κ3) is 3.31. The average molecular weight is 449 g/mol. The topological polar surface area (TPSA) is 64.5 Å². The number of aryl methyl sites for hydroxylation is 1. The molecule has 1 N–H and O–H groups in total. The van der Waals surface area contributed by atoms with Crippen LogP contribution < -0.4 is 5.56 Å². The van der Waals surface area contributed by atoms with Crippen LogP contribution in [0.5, 0.6) is 0 Å². The maximum Gasteiger partial charge on any atom is 0.274 e. The van der Waals surface area contributed by atoms with Gasteiger partial charge in [0.1, 0.15) is 5.65 Å². The summed E-state index contributed by atoms with van der Waals surface area (Å²) in [6.07, 6.45) is -0.667. The summed E-state index contributed by atoms with van der Waals surface area (Å²) in [7, 11) is 0. The molecule has 0 saturated carbocycles. The van der Waals surface area contributed by atoms with Crippen molar-refractivity contribution in [3.05, 3.63) is 107 Å². The van der Waals surface area contributed by atoms with E-state index in [1.54, 1.807) is 6.07 Å². The average Bonchev–Trinajstić information content (AvgIpc) is 3.44. The summed E-state index contributed by atoms with van der Waals surface area (Å²) >= 11 is 0. The molecule has 0 amide bonds. The van der Waals surface area contributed by atoms with Gasteiger partial charge in [-0.2, -0.15) is 9.61 Å². The number of hydrogen-bond acceptors (Lipinski definition) is 3. The van der Waals surface area contributed by atoms with E-state index in [1.165, 1.54) is 15.3 Å². The van der Waals surface area contributed by atoms with Gasteiger partial charge in [-0.1, -0.05) is 66.7 Å². The van der Waals surface area contributed by atoms with Crippen LogP contribution in [0.3, 0.4) is 0 Å². The second kappa shape index (κ2) is 8.01. The first-order valence-electron chi connectivity index (χ1n) is 11.4. The fourth-order valence-corrected chi connectivity index (χ4v) is 4.89. The first-order chi connectivity index (χ1) is 16.6. The molecule has 34 heavy (non-hydrogen) atoms. The number of para-hydroxylation sites is 2. The van der Waals surface area contributed by atoms with E-state index in [9.17, 15) is 9.90 Å². The quantitative estimate of drug-likeness (QED) is 0.418. The van der Waals surface area contributed by atoms with E-state index >= 15 is 0 Å². The molecule has 1 atom stereocenters. The minimum absolute atomic E-state index is 0.178. The van der Waals surface area contributed by atoms with E-state index in [1.807, 2.05) is 72.2 Å². The molecule has 0 aliphatic carbocycles. The van der Waals surface area contributed by atoms with Crippen molar-refractivity contribution >= 4 is 27.5 Å². The summed E-state index contributed by atoms with van der Waals surface area (Å²) in [4.78, 5) is 12.7. The summed E-state index contributed by atoms with van der Waals surface area (Å²) in [6.45, 7) is 2.67. The minimum Gasteiger partial charge on any atom is -0.389 e. The van der Waals surface area contributed by atoms with Gasteiger partial charge in [-0.15, -0.1) is 0 Å². The van der Waals surface area contributed by atoms with Crippen LogP contribution in [0.1, 0.15) is 5.69 Å². The zero-order valence-corrected chi connectivity index (χ0v) is 18.8. The Morgan fingerprint density at radius 3 is 2.06 bits per heavy atom. The zero-order chi connectivity index (χ0) is 23.2. The lowest BCUT2D eigenvalue weighted by molar-refractivity contribution is 0.137. The van der Waals surface area contributed by atoms with E-state index in [-0.39, 0.29) is 5.56 Å². The van der Waals surface area contributed by atoms with E-state index in [4.69, 9.17) is 0 Å². The van der Waals surface area contributed by atoms with Gasteiger partial charge in [-0.05, 0) is 19.1 Å². The van der Waals surface area contributed by atoms with Gasteiger partial charge in [0.15, 0.2) is 0 Å². The molecule has 0 spiro atoms. The second-order valence-electron chi connectivity index (χ2n) is 8.70. The van der Waals surface area contributed by atoms with Crippen LogP contribution in [0, 0.1) is 6.92 Å². The summed E-state index contributed by atoms with van der Waals surface area (Å²) < 4.78 is 5.57. The standard InChI is InChI=1S/C28H24N4O2/c1-19-15-28(34)32-27(16-24(29-32)20-9-3-2-4-10-20)30(19)17-21(33)18-31-25-13-7-5-11-22(25)23-12-6-8-14-26(23)31/h2-16,21,33H,17-18H2,1H3/t21-/m1/s1. The summed E-state index contributed by atoms with van der Waals surface area (Å²) in [5, 5.41) is 18.1. The van der Waals surface area contributed by atoms with Crippen LogP contribution >= 0.6 is 0 Å². The number of aromatic nitrogens is 4. The molecular formula is C28H24N4O2. The molecule has 6 heteroatoms. The van der Waals surface area contributed by atoms with Crippen molar-refractivity contribution in [2.24, 2.45) is 0 Å². The Balaban J connectivity index is 1.40. The highest BCUT2D eigenvalue weighted by Crippen LogP contribution is 2.29. The molecular weight excluding hydrogens is 424 g/mol. The molecule has 6 nitrogen and oxygen atoms in total.